The molecule has 2 heterocycles. The van der Waals surface area contributed by atoms with E-state index in [9.17, 15) is 14.4 Å². The Labute approximate surface area is 201 Å². The standard InChI is InChI=1S/C24H25ClN4O5/c25-14-4-3-5-15(10-14)27-24(32)29-18-7-2-1-6-17(18)28-23(31)19(29)12-22(30)26-16-8-9-20-21(11-16)34-13-33-20/h3-5,8-11,17-19H,1-2,6-7,12-13H2,(H,26,30)(H,27,32)(H,28,31)/t17-,18-,19-/m0/s1. The Hall–Kier alpha value is -3.46. The molecule has 9 nitrogen and oxygen atoms in total. The van der Waals surface area contributed by atoms with Crippen molar-refractivity contribution in [1.29, 1.82) is 0 Å². The number of carbonyl (C=O) groups excluding carboxylic acids is 3. The molecule has 5 rings (SSSR count). The zero-order valence-electron chi connectivity index (χ0n) is 18.4. The third-order valence-corrected chi connectivity index (χ3v) is 6.63. The average molecular weight is 485 g/mol. The molecule has 2 aromatic carbocycles. The van der Waals surface area contributed by atoms with Crippen LogP contribution in [0.2, 0.25) is 5.02 Å². The van der Waals surface area contributed by atoms with Crippen molar-refractivity contribution in [2.75, 3.05) is 17.4 Å². The van der Waals surface area contributed by atoms with E-state index in [1.165, 1.54) is 0 Å². The second-order valence-electron chi connectivity index (χ2n) is 8.65. The van der Waals surface area contributed by atoms with Crippen molar-refractivity contribution < 1.29 is 23.9 Å². The highest BCUT2D eigenvalue weighted by Gasteiger charge is 2.46. The molecule has 1 aliphatic carbocycles. The molecule has 4 amide bonds. The van der Waals surface area contributed by atoms with E-state index in [1.54, 1.807) is 47.4 Å². The van der Waals surface area contributed by atoms with Gasteiger partial charge < -0.3 is 30.3 Å². The Morgan fingerprint density at radius 2 is 1.82 bits per heavy atom. The lowest BCUT2D eigenvalue weighted by atomic mass is 9.85. The van der Waals surface area contributed by atoms with Crippen LogP contribution in [0.4, 0.5) is 16.2 Å². The molecule has 0 spiro atoms. The van der Waals surface area contributed by atoms with E-state index in [1.807, 2.05) is 0 Å². The molecule has 3 atom stereocenters. The maximum atomic E-state index is 13.4. The number of hydrogen-bond acceptors (Lipinski definition) is 5. The van der Waals surface area contributed by atoms with E-state index in [0.717, 1.165) is 25.7 Å². The van der Waals surface area contributed by atoms with Crippen molar-refractivity contribution in [3.8, 4) is 11.5 Å². The normalized spacial score (nSPS) is 23.0. The number of urea groups is 1. The Morgan fingerprint density at radius 3 is 2.68 bits per heavy atom. The van der Waals surface area contributed by atoms with E-state index in [2.05, 4.69) is 16.0 Å². The number of nitrogens with one attached hydrogen (secondary N) is 3. The summed E-state index contributed by atoms with van der Waals surface area (Å²) < 4.78 is 10.6. The number of benzene rings is 2. The second-order valence-corrected chi connectivity index (χ2v) is 9.09. The first-order valence-corrected chi connectivity index (χ1v) is 11.7. The first-order valence-electron chi connectivity index (χ1n) is 11.3. The second kappa shape index (κ2) is 9.42. The fourth-order valence-corrected chi connectivity index (χ4v) is 5.04. The van der Waals surface area contributed by atoms with E-state index in [0.29, 0.717) is 27.9 Å². The molecular weight excluding hydrogens is 460 g/mol. The van der Waals surface area contributed by atoms with Crippen LogP contribution in [0.15, 0.2) is 42.5 Å². The summed E-state index contributed by atoms with van der Waals surface area (Å²) in [7, 11) is 0. The van der Waals surface area contributed by atoms with Gasteiger partial charge in [-0.25, -0.2) is 4.79 Å². The summed E-state index contributed by atoms with van der Waals surface area (Å²) in [6.07, 6.45) is 3.32. The minimum absolute atomic E-state index is 0.125. The molecule has 10 heteroatoms. The summed E-state index contributed by atoms with van der Waals surface area (Å²) in [4.78, 5) is 40.9. The molecule has 0 unspecified atom stereocenters. The third-order valence-electron chi connectivity index (χ3n) is 6.40. The van der Waals surface area contributed by atoms with Crippen LogP contribution in [0.3, 0.4) is 0 Å². The van der Waals surface area contributed by atoms with Crippen LogP contribution < -0.4 is 25.4 Å². The van der Waals surface area contributed by atoms with E-state index >= 15 is 0 Å². The van der Waals surface area contributed by atoms with E-state index in [4.69, 9.17) is 21.1 Å². The average Bonchev–Trinajstić information content (AvgIpc) is 3.27. The van der Waals surface area contributed by atoms with Crippen LogP contribution in [-0.4, -0.2) is 47.7 Å². The SMILES string of the molecule is O=C(C[C@H]1C(=O)N[C@H]2CCCC[C@@H]2N1C(=O)Nc1cccc(Cl)c1)Nc1ccc2c(c1)OCO2. The molecule has 1 saturated carbocycles. The number of amides is 4. The Balaban J connectivity index is 1.35. The van der Waals surface area contributed by atoms with Gasteiger partial charge in [-0.3, -0.25) is 9.59 Å². The third kappa shape index (κ3) is 4.61. The van der Waals surface area contributed by atoms with Gasteiger partial charge in [0.2, 0.25) is 18.6 Å². The number of anilines is 2. The van der Waals surface area contributed by atoms with Gasteiger partial charge >= 0.3 is 6.03 Å². The number of ether oxygens (including phenoxy) is 2. The lowest BCUT2D eigenvalue weighted by Crippen LogP contribution is -2.68. The first kappa shape index (κ1) is 22.3. The van der Waals surface area contributed by atoms with Crippen LogP contribution in [0, 0.1) is 0 Å². The first-order chi connectivity index (χ1) is 16.5. The van der Waals surface area contributed by atoms with Gasteiger partial charge in [0.15, 0.2) is 11.5 Å². The summed E-state index contributed by atoms with van der Waals surface area (Å²) in [5.74, 6) is 0.441. The molecule has 3 aliphatic rings. The van der Waals surface area contributed by atoms with Crippen molar-refractivity contribution in [1.82, 2.24) is 10.2 Å². The highest BCUT2D eigenvalue weighted by atomic mass is 35.5. The maximum absolute atomic E-state index is 13.4. The fourth-order valence-electron chi connectivity index (χ4n) is 4.85. The van der Waals surface area contributed by atoms with Gasteiger partial charge in [-0.05, 0) is 43.2 Å². The topological polar surface area (TPSA) is 109 Å². The largest absolute Gasteiger partial charge is 0.454 e. The highest BCUT2D eigenvalue weighted by Crippen LogP contribution is 2.35. The van der Waals surface area contributed by atoms with Crippen LogP contribution >= 0.6 is 11.6 Å². The zero-order chi connectivity index (χ0) is 23.7. The van der Waals surface area contributed by atoms with Crippen LogP contribution in [0.25, 0.3) is 0 Å². The van der Waals surface area contributed by atoms with Crippen molar-refractivity contribution >= 4 is 40.8 Å². The van der Waals surface area contributed by atoms with Crippen molar-refractivity contribution in [2.24, 2.45) is 0 Å². The van der Waals surface area contributed by atoms with E-state index in [-0.39, 0.29) is 37.1 Å². The van der Waals surface area contributed by atoms with Crippen LogP contribution in [0.5, 0.6) is 11.5 Å². The molecule has 2 fully saturated rings. The Morgan fingerprint density at radius 1 is 1.03 bits per heavy atom. The summed E-state index contributed by atoms with van der Waals surface area (Å²) in [5.41, 5.74) is 1.05. The van der Waals surface area contributed by atoms with Gasteiger partial charge in [-0.1, -0.05) is 30.5 Å². The molecule has 0 aromatic heterocycles. The minimum atomic E-state index is -0.937. The summed E-state index contributed by atoms with van der Waals surface area (Å²) >= 11 is 6.06. The molecule has 1 saturated heterocycles. The van der Waals surface area contributed by atoms with Gasteiger partial charge in [0, 0.05) is 28.5 Å². The van der Waals surface area contributed by atoms with Crippen molar-refractivity contribution in [3.05, 3.63) is 47.5 Å². The van der Waals surface area contributed by atoms with Crippen LogP contribution in [0.1, 0.15) is 32.1 Å². The fraction of sp³-hybridized carbons (Fsp3) is 0.375. The predicted octanol–water partition coefficient (Wildman–Crippen LogP) is 3.74. The van der Waals surface area contributed by atoms with Gasteiger partial charge in [-0.15, -0.1) is 0 Å². The van der Waals surface area contributed by atoms with Gasteiger partial charge in [0.25, 0.3) is 0 Å². The molecule has 178 valence electrons. The number of halogens is 1. The lowest BCUT2D eigenvalue weighted by molar-refractivity contribution is -0.135. The van der Waals surface area contributed by atoms with Crippen molar-refractivity contribution in [2.45, 2.75) is 50.2 Å². The van der Waals surface area contributed by atoms with Gasteiger partial charge in [0.1, 0.15) is 6.04 Å². The summed E-state index contributed by atoms with van der Waals surface area (Å²) in [5, 5.41) is 9.17. The van der Waals surface area contributed by atoms with Gasteiger partial charge in [0.05, 0.1) is 12.5 Å². The van der Waals surface area contributed by atoms with Crippen LogP contribution in [-0.2, 0) is 9.59 Å². The minimum Gasteiger partial charge on any atom is -0.454 e. The smallest absolute Gasteiger partial charge is 0.322 e. The van der Waals surface area contributed by atoms with E-state index < -0.39 is 12.1 Å². The monoisotopic (exact) mass is 484 g/mol. The molecule has 3 N–H and O–H groups in total. The molecule has 34 heavy (non-hydrogen) atoms. The van der Waals surface area contributed by atoms with Gasteiger partial charge in [-0.2, -0.15) is 0 Å². The number of fused-ring (bicyclic) bond motifs is 2. The molecule has 0 radical (unpaired) electrons. The molecule has 0 bridgehead atoms. The Bertz CT molecular complexity index is 1130. The zero-order valence-corrected chi connectivity index (χ0v) is 19.1. The molecule has 2 aromatic rings. The maximum Gasteiger partial charge on any atom is 0.322 e. The number of rotatable bonds is 4. The Kier molecular flexibility index (Phi) is 6.19. The number of carbonyl (C=O) groups is 3. The molecular formula is C24H25ClN4O5. The number of piperazine rings is 1. The number of hydrogen-bond donors (Lipinski definition) is 3. The quantitative estimate of drug-likeness (QED) is 0.612. The molecule has 2 aliphatic heterocycles. The summed E-state index contributed by atoms with van der Waals surface area (Å²) in [6, 6.07) is 10.2. The predicted molar refractivity (Wildman–Crippen MR) is 126 cm³/mol. The summed E-state index contributed by atoms with van der Waals surface area (Å²) in [6.45, 7) is 0.133. The van der Waals surface area contributed by atoms with Crippen molar-refractivity contribution in [3.63, 3.8) is 0 Å². The number of nitrogens with zero attached hydrogens (tertiary/aromatic N) is 1. The lowest BCUT2D eigenvalue weighted by Gasteiger charge is -2.47. The highest BCUT2D eigenvalue weighted by molar-refractivity contribution is 6.30.